The fourth-order valence-corrected chi connectivity index (χ4v) is 4.25. The van der Waals surface area contributed by atoms with Gasteiger partial charge in [0.25, 0.3) is 5.91 Å². The second-order valence-electron chi connectivity index (χ2n) is 8.07. The predicted molar refractivity (Wildman–Crippen MR) is 113 cm³/mol. The molecule has 162 valence electrons. The van der Waals surface area contributed by atoms with Crippen molar-refractivity contribution < 1.29 is 19.0 Å². The maximum absolute atomic E-state index is 14.8. The first-order valence-corrected chi connectivity index (χ1v) is 11.0. The second-order valence-corrected chi connectivity index (χ2v) is 8.07. The standard InChI is InChI=1S/C22H34FN3O3/c23-19-14-18(22(28)24-10-12-29-13-11-27)20(25-16-8-4-5-9-16)15-21(19)26-17-6-2-1-3-7-17/h14-17,25-27H,1-13H2,(H,24,28). The van der Waals surface area contributed by atoms with Crippen LogP contribution in [0.1, 0.15) is 68.1 Å². The van der Waals surface area contributed by atoms with Crippen LogP contribution in [0.4, 0.5) is 15.8 Å². The molecule has 0 radical (unpaired) electrons. The lowest BCUT2D eigenvalue weighted by atomic mass is 9.95. The van der Waals surface area contributed by atoms with Crippen molar-refractivity contribution in [3.05, 3.63) is 23.5 Å². The Hall–Kier alpha value is -1.86. The van der Waals surface area contributed by atoms with Gasteiger partial charge in [0.2, 0.25) is 0 Å². The summed E-state index contributed by atoms with van der Waals surface area (Å²) in [5.74, 6) is -0.713. The molecule has 0 bridgehead atoms. The summed E-state index contributed by atoms with van der Waals surface area (Å²) in [6.07, 6.45) is 10.2. The lowest BCUT2D eigenvalue weighted by Crippen LogP contribution is -2.29. The Kier molecular flexibility index (Phi) is 8.55. The Bertz CT molecular complexity index is 659. The van der Waals surface area contributed by atoms with Crippen molar-refractivity contribution in [1.29, 1.82) is 0 Å². The number of amides is 1. The molecule has 0 saturated heterocycles. The molecule has 6 nitrogen and oxygen atoms in total. The molecule has 2 saturated carbocycles. The van der Waals surface area contributed by atoms with E-state index in [1.54, 1.807) is 6.07 Å². The molecule has 2 fully saturated rings. The normalized spacial score (nSPS) is 18.0. The highest BCUT2D eigenvalue weighted by Gasteiger charge is 2.22. The van der Waals surface area contributed by atoms with Gasteiger partial charge in [0.15, 0.2) is 0 Å². The minimum atomic E-state index is -0.394. The van der Waals surface area contributed by atoms with Crippen LogP contribution in [-0.2, 0) is 4.74 Å². The molecule has 1 aromatic carbocycles. The molecule has 2 aliphatic rings. The van der Waals surface area contributed by atoms with Crippen molar-refractivity contribution in [2.45, 2.75) is 69.9 Å². The van der Waals surface area contributed by atoms with Crippen LogP contribution in [0.2, 0.25) is 0 Å². The van der Waals surface area contributed by atoms with Crippen molar-refractivity contribution in [1.82, 2.24) is 5.32 Å². The van der Waals surface area contributed by atoms with Gasteiger partial charge in [-0.1, -0.05) is 32.1 Å². The zero-order chi connectivity index (χ0) is 20.5. The Labute approximate surface area is 172 Å². The molecule has 3 rings (SSSR count). The van der Waals surface area contributed by atoms with Crippen molar-refractivity contribution in [3.63, 3.8) is 0 Å². The minimum Gasteiger partial charge on any atom is -0.394 e. The molecular weight excluding hydrogens is 373 g/mol. The molecule has 2 aliphatic carbocycles. The monoisotopic (exact) mass is 407 g/mol. The number of carbonyl (C=O) groups is 1. The van der Waals surface area contributed by atoms with E-state index in [9.17, 15) is 9.18 Å². The third kappa shape index (κ3) is 6.57. The zero-order valence-electron chi connectivity index (χ0n) is 17.1. The average Bonchev–Trinajstić information content (AvgIpc) is 3.24. The molecular formula is C22H34FN3O3. The summed E-state index contributed by atoms with van der Waals surface area (Å²) in [6, 6.07) is 3.72. The van der Waals surface area contributed by atoms with Gasteiger partial charge in [-0.15, -0.1) is 0 Å². The van der Waals surface area contributed by atoms with E-state index in [4.69, 9.17) is 9.84 Å². The van der Waals surface area contributed by atoms with Gasteiger partial charge in [0.05, 0.1) is 31.1 Å². The molecule has 7 heteroatoms. The maximum Gasteiger partial charge on any atom is 0.253 e. The number of ether oxygens (including phenoxy) is 1. The number of aliphatic hydroxyl groups is 1. The van der Waals surface area contributed by atoms with E-state index < -0.39 is 5.82 Å². The van der Waals surface area contributed by atoms with Gasteiger partial charge in [-0.3, -0.25) is 4.79 Å². The van der Waals surface area contributed by atoms with E-state index in [1.807, 2.05) is 0 Å². The van der Waals surface area contributed by atoms with Gasteiger partial charge in [-0.05, 0) is 37.8 Å². The smallest absolute Gasteiger partial charge is 0.253 e. The minimum absolute atomic E-state index is 0.0515. The first-order chi connectivity index (χ1) is 14.2. The largest absolute Gasteiger partial charge is 0.394 e. The number of aliphatic hydroxyl groups excluding tert-OH is 1. The van der Waals surface area contributed by atoms with Crippen molar-refractivity contribution >= 4 is 17.3 Å². The Morgan fingerprint density at radius 1 is 0.966 bits per heavy atom. The van der Waals surface area contributed by atoms with Gasteiger partial charge in [0.1, 0.15) is 5.82 Å². The lowest BCUT2D eigenvalue weighted by molar-refractivity contribution is 0.0838. The average molecular weight is 408 g/mol. The molecule has 29 heavy (non-hydrogen) atoms. The van der Waals surface area contributed by atoms with Gasteiger partial charge in [0, 0.05) is 24.3 Å². The number of hydrogen-bond donors (Lipinski definition) is 4. The third-order valence-corrected chi connectivity index (χ3v) is 5.80. The van der Waals surface area contributed by atoms with Crippen LogP contribution >= 0.6 is 0 Å². The first-order valence-electron chi connectivity index (χ1n) is 11.0. The number of nitrogens with one attached hydrogen (secondary N) is 3. The molecule has 1 aromatic rings. The number of hydrogen-bond acceptors (Lipinski definition) is 5. The van der Waals surface area contributed by atoms with E-state index in [0.29, 0.717) is 42.2 Å². The Morgan fingerprint density at radius 2 is 1.59 bits per heavy atom. The predicted octanol–water partition coefficient (Wildman–Crippen LogP) is 3.66. The molecule has 4 N–H and O–H groups in total. The summed E-state index contributed by atoms with van der Waals surface area (Å²) in [7, 11) is 0. The fourth-order valence-electron chi connectivity index (χ4n) is 4.25. The van der Waals surface area contributed by atoms with Crippen molar-refractivity contribution in [2.24, 2.45) is 0 Å². The van der Waals surface area contributed by atoms with Crippen molar-refractivity contribution in [3.8, 4) is 0 Å². The highest BCUT2D eigenvalue weighted by molar-refractivity contribution is 6.00. The molecule has 0 spiro atoms. The second kappa shape index (κ2) is 11.4. The van der Waals surface area contributed by atoms with E-state index >= 15 is 0 Å². The highest BCUT2D eigenvalue weighted by Crippen LogP contribution is 2.30. The number of carbonyl (C=O) groups excluding carboxylic acids is 1. The van der Waals surface area contributed by atoms with Gasteiger partial charge < -0.3 is 25.8 Å². The van der Waals surface area contributed by atoms with E-state index in [2.05, 4.69) is 16.0 Å². The molecule has 0 atom stereocenters. The summed E-state index contributed by atoms with van der Waals surface area (Å²) in [6.45, 7) is 0.803. The Morgan fingerprint density at radius 3 is 2.24 bits per heavy atom. The zero-order valence-corrected chi connectivity index (χ0v) is 17.1. The van der Waals surface area contributed by atoms with Crippen LogP contribution in [0.15, 0.2) is 12.1 Å². The Balaban J connectivity index is 1.72. The summed E-state index contributed by atoms with van der Waals surface area (Å²) in [5.41, 5.74) is 1.48. The van der Waals surface area contributed by atoms with Crippen molar-refractivity contribution in [2.75, 3.05) is 37.0 Å². The van der Waals surface area contributed by atoms with Crippen LogP contribution in [-0.4, -0.2) is 49.5 Å². The van der Waals surface area contributed by atoms with Crippen LogP contribution in [0.25, 0.3) is 0 Å². The molecule has 0 aliphatic heterocycles. The summed E-state index contributed by atoms with van der Waals surface area (Å²) in [5, 5.41) is 18.3. The highest BCUT2D eigenvalue weighted by atomic mass is 19.1. The van der Waals surface area contributed by atoms with Crippen LogP contribution in [0.5, 0.6) is 0 Å². The number of rotatable bonds is 10. The molecule has 0 unspecified atom stereocenters. The van der Waals surface area contributed by atoms with Gasteiger partial charge in [-0.25, -0.2) is 4.39 Å². The number of anilines is 2. The van der Waals surface area contributed by atoms with Crippen LogP contribution in [0, 0.1) is 5.82 Å². The quantitative estimate of drug-likeness (QED) is 0.445. The summed E-state index contributed by atoms with van der Waals surface area (Å²) < 4.78 is 20.0. The first kappa shape index (κ1) is 21.8. The topological polar surface area (TPSA) is 82.6 Å². The van der Waals surface area contributed by atoms with Crippen LogP contribution in [0.3, 0.4) is 0 Å². The fraction of sp³-hybridized carbons (Fsp3) is 0.682. The molecule has 1 amide bonds. The lowest BCUT2D eigenvalue weighted by Gasteiger charge is -2.25. The molecule has 0 heterocycles. The van der Waals surface area contributed by atoms with Gasteiger partial charge in [-0.2, -0.15) is 0 Å². The SMILES string of the molecule is O=C(NCCOCCO)c1cc(F)c(NC2CCCCC2)cc1NC1CCCC1. The maximum atomic E-state index is 14.8. The number of halogens is 1. The van der Waals surface area contributed by atoms with Crippen LogP contribution < -0.4 is 16.0 Å². The molecule has 0 aromatic heterocycles. The summed E-state index contributed by atoms with van der Waals surface area (Å²) in [4.78, 5) is 12.7. The third-order valence-electron chi connectivity index (χ3n) is 5.80. The van der Waals surface area contributed by atoms with Gasteiger partial charge >= 0.3 is 0 Å². The summed E-state index contributed by atoms with van der Waals surface area (Å²) >= 11 is 0. The van der Waals surface area contributed by atoms with E-state index in [1.165, 1.54) is 38.2 Å². The number of benzene rings is 1. The van der Waals surface area contributed by atoms with E-state index in [-0.39, 0.29) is 19.1 Å². The van der Waals surface area contributed by atoms with E-state index in [0.717, 1.165) is 25.7 Å².